The third-order valence-corrected chi connectivity index (χ3v) is 8.42. The van der Waals surface area contributed by atoms with Gasteiger partial charge in [0, 0.05) is 16.4 Å². The quantitative estimate of drug-likeness (QED) is 0.384. The van der Waals surface area contributed by atoms with Crippen molar-refractivity contribution >= 4 is 31.0 Å². The number of aliphatic hydroxyl groups is 1. The molecule has 4 rings (SSSR count). The number of thiol groups is 2. The van der Waals surface area contributed by atoms with E-state index in [0.29, 0.717) is 23.5 Å². The first-order valence-electron chi connectivity index (χ1n) is 9.64. The fourth-order valence-electron chi connectivity index (χ4n) is 6.92. The molecule has 4 aliphatic rings. The Labute approximate surface area is 156 Å². The molecular formula is C20H30O2S2. The number of rotatable bonds is 2. The van der Waals surface area contributed by atoms with Gasteiger partial charge in [-0.15, -0.1) is 0 Å². The summed E-state index contributed by atoms with van der Waals surface area (Å²) in [7, 11) is 0. The lowest BCUT2D eigenvalue weighted by Gasteiger charge is -2.58. The fourth-order valence-corrected chi connectivity index (χ4v) is 7.57. The van der Waals surface area contributed by atoms with Crippen LogP contribution in [0, 0.1) is 28.6 Å². The van der Waals surface area contributed by atoms with Gasteiger partial charge in [-0.25, -0.2) is 0 Å². The van der Waals surface area contributed by atoms with Gasteiger partial charge in [0.25, 0.3) is 0 Å². The van der Waals surface area contributed by atoms with Gasteiger partial charge in [-0.1, -0.05) is 18.6 Å². The fraction of sp³-hybridized carbons (Fsp3) is 0.850. The van der Waals surface area contributed by atoms with Crippen LogP contribution >= 0.6 is 25.3 Å². The number of hydrogen-bond acceptors (Lipinski definition) is 4. The van der Waals surface area contributed by atoms with Gasteiger partial charge in [0.05, 0.1) is 6.10 Å². The van der Waals surface area contributed by atoms with E-state index in [4.69, 9.17) is 0 Å². The van der Waals surface area contributed by atoms with Crippen molar-refractivity contribution in [1.82, 2.24) is 0 Å². The molecule has 0 saturated heterocycles. The SMILES string of the molecule is C[C@]12CC[C@@H]3[C@@H](CC=C4CC(O)CC[C@@]43CC(S)S)[C@@H]1CCC2=O. The molecule has 3 fully saturated rings. The van der Waals surface area contributed by atoms with Gasteiger partial charge in [0.2, 0.25) is 0 Å². The average molecular weight is 367 g/mol. The summed E-state index contributed by atoms with van der Waals surface area (Å²) in [6, 6.07) is 0. The Morgan fingerprint density at radius 3 is 2.79 bits per heavy atom. The summed E-state index contributed by atoms with van der Waals surface area (Å²) < 4.78 is 0.0842. The summed E-state index contributed by atoms with van der Waals surface area (Å²) in [5.41, 5.74) is 1.58. The van der Waals surface area contributed by atoms with Crippen LogP contribution in [-0.4, -0.2) is 21.6 Å². The van der Waals surface area contributed by atoms with Gasteiger partial charge in [-0.2, -0.15) is 25.3 Å². The van der Waals surface area contributed by atoms with Crippen molar-refractivity contribution in [3.63, 3.8) is 0 Å². The van der Waals surface area contributed by atoms with Crippen LogP contribution in [0.25, 0.3) is 0 Å². The lowest BCUT2D eigenvalue weighted by Crippen LogP contribution is -2.52. The molecule has 1 N–H and O–H groups in total. The highest BCUT2D eigenvalue weighted by atomic mass is 32.2. The van der Waals surface area contributed by atoms with E-state index in [1.165, 1.54) is 5.57 Å². The summed E-state index contributed by atoms with van der Waals surface area (Å²) in [6.45, 7) is 2.24. The number of allylic oxidation sites excluding steroid dienone is 1. The lowest BCUT2D eigenvalue weighted by atomic mass is 9.47. The van der Waals surface area contributed by atoms with E-state index in [2.05, 4.69) is 38.3 Å². The zero-order chi connectivity index (χ0) is 17.1. The van der Waals surface area contributed by atoms with Crippen molar-refractivity contribution in [1.29, 1.82) is 0 Å². The monoisotopic (exact) mass is 366 g/mol. The maximum Gasteiger partial charge on any atom is 0.139 e. The number of carbonyl (C=O) groups is 1. The molecule has 0 bridgehead atoms. The van der Waals surface area contributed by atoms with Crippen LogP contribution in [-0.2, 0) is 4.79 Å². The second kappa shape index (κ2) is 6.06. The molecule has 0 aliphatic heterocycles. The average Bonchev–Trinajstić information content (AvgIpc) is 2.83. The third-order valence-electron chi connectivity index (χ3n) is 8.06. The van der Waals surface area contributed by atoms with E-state index in [1.807, 2.05) is 0 Å². The molecule has 3 saturated carbocycles. The Morgan fingerprint density at radius 2 is 2.04 bits per heavy atom. The zero-order valence-corrected chi connectivity index (χ0v) is 16.4. The Morgan fingerprint density at radius 1 is 1.25 bits per heavy atom. The van der Waals surface area contributed by atoms with E-state index in [1.54, 1.807) is 0 Å². The number of carbonyl (C=O) groups excluding carboxylic acids is 1. The van der Waals surface area contributed by atoms with Crippen molar-refractivity contribution in [2.75, 3.05) is 0 Å². The van der Waals surface area contributed by atoms with Crippen molar-refractivity contribution in [3.8, 4) is 0 Å². The van der Waals surface area contributed by atoms with Crippen LogP contribution in [0.4, 0.5) is 0 Å². The van der Waals surface area contributed by atoms with E-state index >= 15 is 0 Å². The standard InChI is InChI=1S/C20H30O2S2/c1-19-8-7-16-14(15(19)4-5-17(19)22)3-2-12-10-13(21)6-9-20(12,16)11-18(23)24/h2,13-16,18,21,23-24H,3-11H2,1H3/t13?,14-,15-,16+,19-,20+/m0/s1. The maximum atomic E-state index is 12.5. The second-order valence-corrected chi connectivity index (χ2v) is 10.7. The Kier molecular flexibility index (Phi) is 4.41. The molecule has 0 spiro atoms. The number of fused-ring (bicyclic) bond motifs is 5. The number of ketones is 1. The smallest absolute Gasteiger partial charge is 0.139 e. The molecule has 4 heteroatoms. The highest BCUT2D eigenvalue weighted by Gasteiger charge is 2.59. The Hall–Kier alpha value is 0.0700. The molecule has 0 radical (unpaired) electrons. The van der Waals surface area contributed by atoms with Crippen LogP contribution in [0.15, 0.2) is 11.6 Å². The highest BCUT2D eigenvalue weighted by molar-refractivity contribution is 7.99. The Balaban J connectivity index is 1.72. The molecular weight excluding hydrogens is 336 g/mol. The second-order valence-electron chi connectivity index (χ2n) is 9.00. The third kappa shape index (κ3) is 2.46. The summed E-state index contributed by atoms with van der Waals surface area (Å²) in [6.07, 6.45) is 11.2. The van der Waals surface area contributed by atoms with Crippen LogP contribution in [0.2, 0.25) is 0 Å². The topological polar surface area (TPSA) is 37.3 Å². The van der Waals surface area contributed by atoms with E-state index in [0.717, 1.165) is 57.8 Å². The van der Waals surface area contributed by atoms with Crippen LogP contribution < -0.4 is 0 Å². The van der Waals surface area contributed by atoms with Crippen LogP contribution in [0.3, 0.4) is 0 Å². The number of hydrogen-bond donors (Lipinski definition) is 3. The normalized spacial score (nSPS) is 47.9. The molecule has 0 aromatic rings. The summed E-state index contributed by atoms with van der Waals surface area (Å²) >= 11 is 9.25. The summed E-state index contributed by atoms with van der Waals surface area (Å²) in [5.74, 6) is 2.35. The van der Waals surface area contributed by atoms with Crippen molar-refractivity contribution in [2.45, 2.75) is 75.4 Å². The largest absolute Gasteiger partial charge is 0.393 e. The summed E-state index contributed by atoms with van der Waals surface area (Å²) in [4.78, 5) is 12.5. The van der Waals surface area contributed by atoms with Gasteiger partial charge in [0.15, 0.2) is 0 Å². The molecule has 134 valence electrons. The van der Waals surface area contributed by atoms with Crippen LogP contribution in [0.5, 0.6) is 0 Å². The highest BCUT2D eigenvalue weighted by Crippen LogP contribution is 2.65. The molecule has 2 nitrogen and oxygen atoms in total. The van der Waals surface area contributed by atoms with Gasteiger partial charge >= 0.3 is 0 Å². The molecule has 6 atom stereocenters. The lowest BCUT2D eigenvalue weighted by molar-refractivity contribution is -0.132. The number of Topliss-reactive ketones (excluding diaryl/α,β-unsaturated/α-hetero) is 1. The first-order chi connectivity index (χ1) is 11.4. The first kappa shape index (κ1) is 17.5. The Bertz CT molecular complexity index is 572. The minimum Gasteiger partial charge on any atom is -0.393 e. The molecule has 0 amide bonds. The van der Waals surface area contributed by atoms with E-state index in [9.17, 15) is 9.90 Å². The predicted octanol–water partition coefficient (Wildman–Crippen LogP) is 4.44. The predicted molar refractivity (Wildman–Crippen MR) is 103 cm³/mol. The minimum absolute atomic E-state index is 0.0663. The van der Waals surface area contributed by atoms with Gasteiger partial charge in [0.1, 0.15) is 5.78 Å². The maximum absolute atomic E-state index is 12.5. The number of aliphatic hydroxyl groups excluding tert-OH is 1. The van der Waals surface area contributed by atoms with Gasteiger partial charge < -0.3 is 5.11 Å². The van der Waals surface area contributed by atoms with Crippen molar-refractivity contribution < 1.29 is 9.90 Å². The van der Waals surface area contributed by atoms with Crippen LogP contribution in [0.1, 0.15) is 64.7 Å². The van der Waals surface area contributed by atoms with E-state index in [-0.39, 0.29) is 21.5 Å². The first-order valence-corrected chi connectivity index (χ1v) is 10.7. The van der Waals surface area contributed by atoms with E-state index < -0.39 is 0 Å². The zero-order valence-electron chi connectivity index (χ0n) is 14.6. The molecule has 1 unspecified atom stereocenters. The van der Waals surface area contributed by atoms with Crippen molar-refractivity contribution in [2.24, 2.45) is 28.6 Å². The molecule has 0 aromatic heterocycles. The van der Waals surface area contributed by atoms with Crippen molar-refractivity contribution in [3.05, 3.63) is 11.6 Å². The molecule has 0 heterocycles. The molecule has 24 heavy (non-hydrogen) atoms. The molecule has 0 aromatic carbocycles. The summed E-state index contributed by atoms with van der Waals surface area (Å²) in [5, 5.41) is 10.2. The van der Waals surface area contributed by atoms with Gasteiger partial charge in [-0.3, -0.25) is 4.79 Å². The minimum atomic E-state index is -0.180. The van der Waals surface area contributed by atoms with Gasteiger partial charge in [-0.05, 0) is 74.5 Å². The molecule has 4 aliphatic carbocycles.